The van der Waals surface area contributed by atoms with E-state index in [-0.39, 0.29) is 0 Å². The van der Waals surface area contributed by atoms with Gasteiger partial charge in [0.1, 0.15) is 0 Å². The summed E-state index contributed by atoms with van der Waals surface area (Å²) in [6, 6.07) is 34.5. The molecule has 0 atom stereocenters. The van der Waals surface area contributed by atoms with Gasteiger partial charge in [-0.3, -0.25) is 0 Å². The zero-order valence-electron chi connectivity index (χ0n) is 23.7. The molecule has 1 aliphatic heterocycles. The number of nitrogens with zero attached hydrogens (tertiary/aromatic N) is 1. The topological polar surface area (TPSA) is 3.24 Å². The maximum atomic E-state index is 2.35. The molecule has 0 radical (unpaired) electrons. The minimum atomic E-state index is 1.10. The van der Waals surface area contributed by atoms with Crippen LogP contribution in [0.3, 0.4) is 0 Å². The second-order valence-corrected chi connectivity index (χ2v) is 10.1. The van der Waals surface area contributed by atoms with Gasteiger partial charge in [0.25, 0.3) is 0 Å². The van der Waals surface area contributed by atoms with Gasteiger partial charge in [0.15, 0.2) is 0 Å². The smallest absolute Gasteiger partial charge is 0.0534 e. The van der Waals surface area contributed by atoms with E-state index in [1.54, 1.807) is 0 Å². The molecule has 198 valence electrons. The summed E-state index contributed by atoms with van der Waals surface area (Å²) in [4.78, 5) is 2.35. The molecule has 40 heavy (non-hydrogen) atoms. The van der Waals surface area contributed by atoms with E-state index in [0.717, 1.165) is 24.2 Å². The lowest BCUT2D eigenvalue weighted by Gasteiger charge is -2.28. The highest BCUT2D eigenvalue weighted by Gasteiger charge is 2.20. The first-order valence-electron chi connectivity index (χ1n) is 14.2. The van der Waals surface area contributed by atoms with Crippen LogP contribution in [-0.4, -0.2) is 0 Å². The molecule has 0 aliphatic carbocycles. The lowest BCUT2D eigenvalue weighted by Crippen LogP contribution is -2.17. The third-order valence-electron chi connectivity index (χ3n) is 7.33. The Bertz CT molecular complexity index is 1610. The average molecular weight is 520 g/mol. The van der Waals surface area contributed by atoms with Gasteiger partial charge in [-0.1, -0.05) is 135 Å². The molecule has 0 saturated heterocycles. The zero-order chi connectivity index (χ0) is 27.7. The summed E-state index contributed by atoms with van der Waals surface area (Å²) in [5.74, 6) is 0. The molecule has 4 aromatic rings. The van der Waals surface area contributed by atoms with E-state index in [9.17, 15) is 0 Å². The van der Waals surface area contributed by atoms with Crippen LogP contribution >= 0.6 is 0 Å². The second kappa shape index (κ2) is 13.0. The average Bonchev–Trinajstić information content (AvgIpc) is 3.15. The van der Waals surface area contributed by atoms with Crippen molar-refractivity contribution >= 4 is 35.7 Å². The van der Waals surface area contributed by atoms with Gasteiger partial charge in [-0.25, -0.2) is 0 Å². The molecule has 0 unspecified atom stereocenters. The summed E-state index contributed by atoms with van der Waals surface area (Å²) in [5, 5.41) is 0. The Hall–Kier alpha value is -4.62. The van der Waals surface area contributed by atoms with Crippen molar-refractivity contribution in [2.75, 3.05) is 4.90 Å². The fourth-order valence-electron chi connectivity index (χ4n) is 5.23. The van der Waals surface area contributed by atoms with Crippen molar-refractivity contribution in [1.82, 2.24) is 0 Å². The Labute approximate surface area is 239 Å². The molecule has 0 bridgehead atoms. The Kier molecular flexibility index (Phi) is 8.73. The Morgan fingerprint density at radius 1 is 0.725 bits per heavy atom. The number of para-hydroxylation sites is 2. The standard InChI is InChI=1S/C39H37N/c1-4-14-32-16-9-10-17-33(32)25-28-36-29-31(24-23-30(36)3)15-13-19-34-26-27-35-18-11-12-22-39(35)40(38(34)5-2)37-20-7-6-8-21-37/h5-13,15-29H,4,14H2,1-3H3/b15-13+,28-25-,34-19-,38-5+. The Balaban J connectivity index is 1.44. The van der Waals surface area contributed by atoms with Gasteiger partial charge >= 0.3 is 0 Å². The van der Waals surface area contributed by atoms with Crippen LogP contribution in [-0.2, 0) is 6.42 Å². The van der Waals surface area contributed by atoms with E-state index in [1.165, 1.54) is 44.6 Å². The molecular weight excluding hydrogens is 482 g/mol. The minimum absolute atomic E-state index is 1.10. The number of rotatable bonds is 7. The molecule has 0 saturated carbocycles. The first kappa shape index (κ1) is 27.0. The first-order valence-corrected chi connectivity index (χ1v) is 14.2. The molecule has 0 spiro atoms. The van der Waals surface area contributed by atoms with E-state index in [4.69, 9.17) is 0 Å². The third kappa shape index (κ3) is 6.16. The number of benzene rings is 4. The van der Waals surface area contributed by atoms with Gasteiger partial charge in [-0.05, 0) is 83.5 Å². The maximum Gasteiger partial charge on any atom is 0.0534 e. The van der Waals surface area contributed by atoms with Crippen molar-refractivity contribution < 1.29 is 0 Å². The van der Waals surface area contributed by atoms with Crippen molar-refractivity contribution in [2.24, 2.45) is 0 Å². The van der Waals surface area contributed by atoms with Crippen LogP contribution in [0, 0.1) is 6.92 Å². The van der Waals surface area contributed by atoms with Crippen molar-refractivity contribution in [1.29, 1.82) is 0 Å². The Morgan fingerprint density at radius 2 is 1.48 bits per heavy atom. The van der Waals surface area contributed by atoms with Crippen molar-refractivity contribution in [2.45, 2.75) is 33.6 Å². The van der Waals surface area contributed by atoms with E-state index in [1.807, 2.05) is 0 Å². The molecule has 0 aromatic heterocycles. The second-order valence-electron chi connectivity index (χ2n) is 10.1. The van der Waals surface area contributed by atoms with E-state index >= 15 is 0 Å². The summed E-state index contributed by atoms with van der Waals surface area (Å²) in [6.45, 7) is 6.53. The monoisotopic (exact) mass is 519 g/mol. The highest BCUT2D eigenvalue weighted by atomic mass is 15.2. The quantitative estimate of drug-likeness (QED) is 0.219. The molecule has 0 amide bonds. The van der Waals surface area contributed by atoms with Gasteiger partial charge in [0.05, 0.1) is 5.69 Å². The number of hydrogen-bond acceptors (Lipinski definition) is 1. The fourth-order valence-corrected chi connectivity index (χ4v) is 5.23. The minimum Gasteiger partial charge on any atom is -0.310 e. The number of hydrogen-bond donors (Lipinski definition) is 0. The molecule has 4 aromatic carbocycles. The van der Waals surface area contributed by atoms with Gasteiger partial charge in [-0.2, -0.15) is 0 Å². The molecule has 1 heteroatoms. The predicted octanol–water partition coefficient (Wildman–Crippen LogP) is 10.8. The molecule has 0 fully saturated rings. The van der Waals surface area contributed by atoms with E-state index < -0.39 is 0 Å². The van der Waals surface area contributed by atoms with Gasteiger partial charge in [-0.15, -0.1) is 0 Å². The summed E-state index contributed by atoms with van der Waals surface area (Å²) < 4.78 is 0. The Morgan fingerprint density at radius 3 is 2.30 bits per heavy atom. The van der Waals surface area contributed by atoms with Gasteiger partial charge in [0, 0.05) is 11.4 Å². The molecule has 5 rings (SSSR count). The summed E-state index contributed by atoms with van der Waals surface area (Å²) >= 11 is 0. The first-order chi connectivity index (χ1) is 19.7. The number of fused-ring (bicyclic) bond motifs is 1. The van der Waals surface area contributed by atoms with Crippen molar-refractivity contribution in [3.8, 4) is 0 Å². The summed E-state index contributed by atoms with van der Waals surface area (Å²) in [6.07, 6.45) is 20.0. The molecule has 1 aliphatic rings. The summed E-state index contributed by atoms with van der Waals surface area (Å²) in [5.41, 5.74) is 12.3. The lowest BCUT2D eigenvalue weighted by molar-refractivity contribution is 0.920. The largest absolute Gasteiger partial charge is 0.310 e. The number of allylic oxidation sites excluding steroid dienone is 4. The van der Waals surface area contributed by atoms with E-state index in [2.05, 4.69) is 171 Å². The highest BCUT2D eigenvalue weighted by molar-refractivity contribution is 5.83. The lowest BCUT2D eigenvalue weighted by atomic mass is 10.00. The van der Waals surface area contributed by atoms with Crippen LogP contribution in [0.4, 0.5) is 11.4 Å². The number of anilines is 2. The van der Waals surface area contributed by atoms with Gasteiger partial charge < -0.3 is 4.90 Å². The zero-order valence-corrected chi connectivity index (χ0v) is 23.7. The van der Waals surface area contributed by atoms with E-state index in [0.29, 0.717) is 0 Å². The SMILES string of the molecule is C\C=C1/C(=C\C=C\c2ccc(C)c(/C=C\c3ccccc3CCC)c2)C=Cc2ccccc2N1c1ccccc1. The number of aryl methyl sites for hydroxylation is 2. The normalized spacial score (nSPS) is 15.3. The van der Waals surface area contributed by atoms with Crippen LogP contribution in [0.25, 0.3) is 24.3 Å². The highest BCUT2D eigenvalue weighted by Crippen LogP contribution is 2.38. The van der Waals surface area contributed by atoms with Crippen LogP contribution in [0.1, 0.15) is 53.6 Å². The van der Waals surface area contributed by atoms with Crippen LogP contribution in [0.15, 0.2) is 133 Å². The maximum absolute atomic E-state index is 2.35. The third-order valence-corrected chi connectivity index (χ3v) is 7.33. The van der Waals surface area contributed by atoms with Crippen LogP contribution in [0.5, 0.6) is 0 Å². The predicted molar refractivity (Wildman–Crippen MR) is 175 cm³/mol. The molecule has 1 nitrogen and oxygen atoms in total. The molecule has 0 N–H and O–H groups in total. The molecular formula is C39H37N. The summed E-state index contributed by atoms with van der Waals surface area (Å²) in [7, 11) is 0. The van der Waals surface area contributed by atoms with Crippen molar-refractivity contribution in [3.05, 3.63) is 166 Å². The van der Waals surface area contributed by atoms with Crippen LogP contribution in [0.2, 0.25) is 0 Å². The van der Waals surface area contributed by atoms with Gasteiger partial charge in [0.2, 0.25) is 0 Å². The fraction of sp³-hybridized carbons (Fsp3) is 0.128. The molecule has 1 heterocycles. The van der Waals surface area contributed by atoms with Crippen LogP contribution < -0.4 is 4.90 Å². The van der Waals surface area contributed by atoms with Crippen molar-refractivity contribution in [3.63, 3.8) is 0 Å².